The van der Waals surface area contributed by atoms with Crippen LogP contribution in [-0.2, 0) is 9.47 Å². The number of ether oxygens (including phenoxy) is 2. The summed E-state index contributed by atoms with van der Waals surface area (Å²) in [5, 5.41) is 7.69. The topological polar surface area (TPSA) is 101 Å². The van der Waals surface area contributed by atoms with E-state index in [4.69, 9.17) is 9.47 Å². The van der Waals surface area contributed by atoms with Crippen molar-refractivity contribution in [1.82, 2.24) is 25.0 Å². The summed E-state index contributed by atoms with van der Waals surface area (Å²) in [6, 6.07) is 3.83. The Labute approximate surface area is 182 Å². The highest BCUT2D eigenvalue weighted by molar-refractivity contribution is 7.20. The molecule has 0 aromatic carbocycles. The lowest BCUT2D eigenvalue weighted by Crippen LogP contribution is -2.43. The lowest BCUT2D eigenvalue weighted by molar-refractivity contribution is -0.0225. The Balaban J connectivity index is 1.49. The quantitative estimate of drug-likeness (QED) is 0.667. The van der Waals surface area contributed by atoms with E-state index >= 15 is 0 Å². The number of morpholine rings is 2. The number of amides is 2. The maximum atomic E-state index is 13.4. The van der Waals surface area contributed by atoms with E-state index in [1.165, 1.54) is 11.3 Å². The van der Waals surface area contributed by atoms with Crippen LogP contribution in [0.25, 0.3) is 10.2 Å². The van der Waals surface area contributed by atoms with Gasteiger partial charge in [-0.05, 0) is 13.0 Å². The molecule has 3 aromatic heterocycles. The van der Waals surface area contributed by atoms with Gasteiger partial charge < -0.3 is 19.3 Å². The van der Waals surface area contributed by atoms with Gasteiger partial charge >= 0.3 is 0 Å². The molecule has 0 aliphatic carbocycles. The summed E-state index contributed by atoms with van der Waals surface area (Å²) in [6.45, 7) is 5.30. The van der Waals surface area contributed by atoms with Crippen molar-refractivity contribution in [3.63, 3.8) is 0 Å². The van der Waals surface area contributed by atoms with E-state index in [9.17, 15) is 9.59 Å². The number of hydrogen-bond donors (Lipinski definition) is 1. The summed E-state index contributed by atoms with van der Waals surface area (Å²) in [7, 11) is 0. The molecule has 0 radical (unpaired) electrons. The van der Waals surface area contributed by atoms with Gasteiger partial charge in [0, 0.05) is 42.5 Å². The molecule has 2 fully saturated rings. The van der Waals surface area contributed by atoms with Gasteiger partial charge in [-0.3, -0.25) is 14.7 Å². The second-order valence-electron chi connectivity index (χ2n) is 7.62. The number of nitrogens with zero attached hydrogens (tertiary/aromatic N) is 4. The van der Waals surface area contributed by atoms with Gasteiger partial charge in [-0.15, -0.1) is 11.3 Å². The average Bonchev–Trinajstić information content (AvgIpc) is 3.42. The Kier molecular flexibility index (Phi) is 5.43. The Morgan fingerprint density at radius 3 is 2.74 bits per heavy atom. The van der Waals surface area contributed by atoms with Crippen LogP contribution in [0.3, 0.4) is 0 Å². The number of hydrogen-bond acceptors (Lipinski definition) is 7. The van der Waals surface area contributed by atoms with Crippen molar-refractivity contribution in [3.05, 3.63) is 46.2 Å². The smallest absolute Gasteiger partial charge is 0.264 e. The van der Waals surface area contributed by atoms with Gasteiger partial charge in [-0.2, -0.15) is 5.10 Å². The number of fused-ring (bicyclic) bond motifs is 1. The van der Waals surface area contributed by atoms with Crippen LogP contribution in [-0.4, -0.2) is 82.8 Å². The molecule has 0 unspecified atom stereocenters. The van der Waals surface area contributed by atoms with Crippen LogP contribution < -0.4 is 0 Å². The number of nitrogens with one attached hydrogen (secondary N) is 1. The Bertz CT molecular complexity index is 1120. The molecule has 5 heterocycles. The van der Waals surface area contributed by atoms with Crippen molar-refractivity contribution in [2.75, 3.05) is 46.0 Å². The van der Waals surface area contributed by atoms with E-state index in [1.807, 2.05) is 24.0 Å². The normalized spacial score (nSPS) is 19.7. The van der Waals surface area contributed by atoms with Gasteiger partial charge in [-0.25, -0.2) is 4.98 Å². The van der Waals surface area contributed by atoms with Gasteiger partial charge in [0.1, 0.15) is 15.8 Å². The lowest BCUT2D eigenvalue weighted by atomic mass is 10.0. The summed E-state index contributed by atoms with van der Waals surface area (Å²) in [6.07, 6.45) is 2.88. The van der Waals surface area contributed by atoms with Crippen LogP contribution in [0.5, 0.6) is 0 Å². The fourth-order valence-electron chi connectivity index (χ4n) is 4.08. The molecule has 9 nitrogen and oxygen atoms in total. The minimum atomic E-state index is -0.400. The predicted octanol–water partition coefficient (Wildman–Crippen LogP) is 2.01. The van der Waals surface area contributed by atoms with Gasteiger partial charge in [0.25, 0.3) is 11.8 Å². The molecule has 10 heteroatoms. The first-order valence-electron chi connectivity index (χ1n) is 10.3. The first-order valence-corrected chi connectivity index (χ1v) is 11.1. The molecule has 0 bridgehead atoms. The Hall–Kier alpha value is -2.82. The molecule has 5 rings (SSSR count). The summed E-state index contributed by atoms with van der Waals surface area (Å²) in [5.74, 6) is -0.114. The maximum Gasteiger partial charge on any atom is 0.264 e. The molecule has 3 aromatic rings. The van der Waals surface area contributed by atoms with E-state index in [-0.39, 0.29) is 11.8 Å². The molecule has 0 spiro atoms. The number of thiophene rings is 1. The van der Waals surface area contributed by atoms with Crippen molar-refractivity contribution < 1.29 is 19.1 Å². The van der Waals surface area contributed by atoms with Gasteiger partial charge in [0.15, 0.2) is 0 Å². The fraction of sp³-hybridized carbons (Fsp3) is 0.429. The maximum absolute atomic E-state index is 13.4. The number of rotatable bonds is 3. The minimum absolute atomic E-state index is 0.0287. The molecule has 2 amide bonds. The van der Waals surface area contributed by atoms with Crippen LogP contribution in [0.15, 0.2) is 24.5 Å². The average molecular weight is 442 g/mol. The molecule has 0 saturated carbocycles. The number of H-pyrrole nitrogens is 1. The van der Waals surface area contributed by atoms with Crippen LogP contribution in [0, 0.1) is 6.92 Å². The van der Waals surface area contributed by atoms with Gasteiger partial charge in [0.05, 0.1) is 38.1 Å². The minimum Gasteiger partial charge on any atom is -0.378 e. The van der Waals surface area contributed by atoms with Crippen LogP contribution in [0.2, 0.25) is 0 Å². The molecule has 2 saturated heterocycles. The third kappa shape index (κ3) is 3.71. The van der Waals surface area contributed by atoms with Gasteiger partial charge in [-0.1, -0.05) is 6.07 Å². The third-order valence-electron chi connectivity index (χ3n) is 5.73. The van der Waals surface area contributed by atoms with Crippen molar-refractivity contribution in [2.45, 2.75) is 13.0 Å². The number of carbonyl (C=O) groups is 2. The Morgan fingerprint density at radius 2 is 1.97 bits per heavy atom. The number of aromatic amines is 1. The van der Waals surface area contributed by atoms with Crippen LogP contribution in [0.1, 0.15) is 37.4 Å². The largest absolute Gasteiger partial charge is 0.378 e. The lowest BCUT2D eigenvalue weighted by Gasteiger charge is -2.34. The standard InChI is InChI=1S/C21H23N5O4S/c1-13-15(11-23-24-13)20(27)26-7-10-30-16(12-26)17-14-3-2-4-22-19(14)31-18(17)21(28)25-5-8-29-9-6-25/h2-4,11,16H,5-10,12H2,1H3,(H,23,24)/t16-/m1/s1. The molecule has 2 aliphatic rings. The zero-order chi connectivity index (χ0) is 21.4. The highest BCUT2D eigenvalue weighted by Crippen LogP contribution is 2.38. The first-order chi connectivity index (χ1) is 15.1. The van der Waals surface area contributed by atoms with Crippen molar-refractivity contribution in [3.8, 4) is 0 Å². The van der Waals surface area contributed by atoms with E-state index in [1.54, 1.807) is 17.3 Å². The van der Waals surface area contributed by atoms with Crippen molar-refractivity contribution in [2.24, 2.45) is 0 Å². The van der Waals surface area contributed by atoms with Gasteiger partial charge in [0.2, 0.25) is 0 Å². The zero-order valence-electron chi connectivity index (χ0n) is 17.2. The highest BCUT2D eigenvalue weighted by atomic mass is 32.1. The highest BCUT2D eigenvalue weighted by Gasteiger charge is 2.34. The van der Waals surface area contributed by atoms with E-state index in [0.717, 1.165) is 21.5 Å². The SMILES string of the molecule is Cc1[nH]ncc1C(=O)N1CCO[C@@H](c2c(C(=O)N3CCOCC3)sc3ncccc23)C1. The Morgan fingerprint density at radius 1 is 1.16 bits per heavy atom. The second kappa shape index (κ2) is 8.37. The summed E-state index contributed by atoms with van der Waals surface area (Å²) in [4.78, 5) is 35.9. The summed E-state index contributed by atoms with van der Waals surface area (Å²) in [5.41, 5.74) is 2.12. The molecule has 31 heavy (non-hydrogen) atoms. The molecule has 1 atom stereocenters. The van der Waals surface area contributed by atoms with Crippen LogP contribution in [0.4, 0.5) is 0 Å². The number of carbonyl (C=O) groups excluding carboxylic acids is 2. The fourth-order valence-corrected chi connectivity index (χ4v) is 5.25. The van der Waals surface area contributed by atoms with E-state index < -0.39 is 6.10 Å². The predicted molar refractivity (Wildman–Crippen MR) is 114 cm³/mol. The zero-order valence-corrected chi connectivity index (χ0v) is 18.0. The number of aryl methyl sites for hydroxylation is 1. The summed E-state index contributed by atoms with van der Waals surface area (Å²) < 4.78 is 11.5. The molecule has 1 N–H and O–H groups in total. The number of aromatic nitrogens is 3. The summed E-state index contributed by atoms with van der Waals surface area (Å²) >= 11 is 1.39. The number of pyridine rings is 1. The van der Waals surface area contributed by atoms with E-state index in [2.05, 4.69) is 15.2 Å². The first kappa shape index (κ1) is 20.1. The van der Waals surface area contributed by atoms with Crippen LogP contribution >= 0.6 is 11.3 Å². The third-order valence-corrected chi connectivity index (χ3v) is 6.85. The second-order valence-corrected chi connectivity index (χ2v) is 8.62. The molecule has 162 valence electrons. The van der Waals surface area contributed by atoms with E-state index in [0.29, 0.717) is 56.4 Å². The molecular weight excluding hydrogens is 418 g/mol. The molecular formula is C21H23N5O4S. The van der Waals surface area contributed by atoms with Crippen molar-refractivity contribution >= 4 is 33.4 Å². The molecule has 2 aliphatic heterocycles. The monoisotopic (exact) mass is 441 g/mol. The van der Waals surface area contributed by atoms with Crippen molar-refractivity contribution in [1.29, 1.82) is 0 Å².